The monoisotopic (exact) mass is 356 g/mol. The predicted molar refractivity (Wildman–Crippen MR) is 98.6 cm³/mol. The molecule has 0 aromatic heterocycles. The molecule has 140 valence electrons. The lowest BCUT2D eigenvalue weighted by Gasteiger charge is -2.41. The third-order valence-electron chi connectivity index (χ3n) is 6.67. The molecule has 3 fully saturated rings. The number of aliphatic hydroxyl groups excluding tert-OH is 1. The van der Waals surface area contributed by atoms with E-state index in [1.54, 1.807) is 0 Å². The number of hydrogen-bond acceptors (Lipinski definition) is 3. The van der Waals surface area contributed by atoms with E-state index >= 15 is 0 Å². The third kappa shape index (κ3) is 2.92. The topological polar surface area (TPSA) is 60.9 Å². The number of benzene rings is 1. The Morgan fingerprint density at radius 3 is 2.27 bits per heavy atom. The second-order valence-corrected chi connectivity index (χ2v) is 8.04. The molecule has 1 spiro atoms. The van der Waals surface area contributed by atoms with Gasteiger partial charge in [0.1, 0.15) is 0 Å². The van der Waals surface area contributed by atoms with E-state index < -0.39 is 0 Å². The first-order chi connectivity index (χ1) is 12.6. The van der Waals surface area contributed by atoms with E-state index in [0.29, 0.717) is 31.6 Å². The zero-order chi connectivity index (χ0) is 18.1. The number of likely N-dealkylation sites (tertiary alicyclic amines) is 2. The van der Waals surface area contributed by atoms with Crippen LogP contribution < -0.4 is 0 Å². The number of carbonyl (C=O) groups is 2. The van der Waals surface area contributed by atoms with Crippen molar-refractivity contribution in [1.82, 2.24) is 9.80 Å². The molecule has 1 atom stereocenters. The summed E-state index contributed by atoms with van der Waals surface area (Å²) in [7, 11) is 0. The van der Waals surface area contributed by atoms with Crippen molar-refractivity contribution in [2.75, 3.05) is 19.6 Å². The van der Waals surface area contributed by atoms with Gasteiger partial charge in [-0.2, -0.15) is 0 Å². The largest absolute Gasteiger partial charge is 0.391 e. The van der Waals surface area contributed by atoms with Gasteiger partial charge in [0.05, 0.1) is 11.6 Å². The van der Waals surface area contributed by atoms with Crippen molar-refractivity contribution in [3.05, 3.63) is 35.9 Å². The van der Waals surface area contributed by atoms with Crippen LogP contribution in [0.1, 0.15) is 55.3 Å². The van der Waals surface area contributed by atoms with Crippen LogP contribution in [-0.4, -0.2) is 58.0 Å². The summed E-state index contributed by atoms with van der Waals surface area (Å²) >= 11 is 0. The normalized spacial score (nSPS) is 25.8. The van der Waals surface area contributed by atoms with E-state index in [4.69, 9.17) is 0 Å². The number of amides is 2. The van der Waals surface area contributed by atoms with Crippen LogP contribution in [0.4, 0.5) is 0 Å². The van der Waals surface area contributed by atoms with Crippen molar-refractivity contribution in [2.45, 2.75) is 56.6 Å². The van der Waals surface area contributed by atoms with Gasteiger partial charge < -0.3 is 14.9 Å². The molecule has 0 bridgehead atoms. The molecule has 2 saturated heterocycles. The van der Waals surface area contributed by atoms with Crippen LogP contribution >= 0.6 is 0 Å². The van der Waals surface area contributed by atoms with Crippen molar-refractivity contribution < 1.29 is 14.7 Å². The summed E-state index contributed by atoms with van der Waals surface area (Å²) in [6.45, 7) is 1.95. The molecule has 1 unspecified atom stereocenters. The van der Waals surface area contributed by atoms with Crippen LogP contribution in [0.3, 0.4) is 0 Å². The highest BCUT2D eigenvalue weighted by Crippen LogP contribution is 2.44. The maximum absolute atomic E-state index is 13.2. The highest BCUT2D eigenvalue weighted by Gasteiger charge is 2.52. The second kappa shape index (κ2) is 7.03. The molecular weight excluding hydrogens is 328 g/mol. The maximum Gasteiger partial charge on any atom is 0.253 e. The van der Waals surface area contributed by atoms with Crippen molar-refractivity contribution in [1.29, 1.82) is 0 Å². The van der Waals surface area contributed by atoms with Crippen LogP contribution in [0.2, 0.25) is 0 Å². The minimum absolute atomic E-state index is 0.0161. The fourth-order valence-electron chi connectivity index (χ4n) is 5.16. The molecule has 5 nitrogen and oxygen atoms in total. The molecule has 2 heterocycles. The van der Waals surface area contributed by atoms with Crippen molar-refractivity contribution >= 4 is 11.8 Å². The molecule has 2 amide bonds. The number of nitrogens with zero attached hydrogens (tertiary/aromatic N) is 2. The average Bonchev–Trinajstić information content (AvgIpc) is 3.30. The number of hydrogen-bond donors (Lipinski definition) is 1. The van der Waals surface area contributed by atoms with Crippen LogP contribution in [0, 0.1) is 5.92 Å². The van der Waals surface area contributed by atoms with Gasteiger partial charge in [-0.05, 0) is 44.2 Å². The first-order valence-electron chi connectivity index (χ1n) is 9.96. The number of piperidine rings is 1. The Balaban J connectivity index is 1.39. The van der Waals surface area contributed by atoms with E-state index in [2.05, 4.69) is 0 Å². The van der Waals surface area contributed by atoms with Gasteiger partial charge in [0.25, 0.3) is 5.91 Å². The van der Waals surface area contributed by atoms with Gasteiger partial charge in [0.2, 0.25) is 5.91 Å². The van der Waals surface area contributed by atoms with Gasteiger partial charge in [-0.25, -0.2) is 0 Å². The van der Waals surface area contributed by atoms with Gasteiger partial charge in [0.15, 0.2) is 0 Å². The Kier molecular flexibility index (Phi) is 4.74. The molecule has 1 saturated carbocycles. The Morgan fingerprint density at radius 1 is 0.962 bits per heavy atom. The van der Waals surface area contributed by atoms with Crippen molar-refractivity contribution in [3.8, 4) is 0 Å². The van der Waals surface area contributed by atoms with Crippen LogP contribution in [0.5, 0.6) is 0 Å². The number of rotatable bonds is 2. The summed E-state index contributed by atoms with van der Waals surface area (Å²) < 4.78 is 0. The van der Waals surface area contributed by atoms with Gasteiger partial charge >= 0.3 is 0 Å². The van der Waals surface area contributed by atoms with E-state index in [9.17, 15) is 14.7 Å². The first kappa shape index (κ1) is 17.5. The minimum atomic E-state index is -0.367. The third-order valence-corrected chi connectivity index (χ3v) is 6.67. The smallest absolute Gasteiger partial charge is 0.253 e. The Hall–Kier alpha value is -1.88. The average molecular weight is 356 g/mol. The Morgan fingerprint density at radius 2 is 1.62 bits per heavy atom. The lowest BCUT2D eigenvalue weighted by atomic mass is 9.88. The quantitative estimate of drug-likeness (QED) is 0.885. The summed E-state index contributed by atoms with van der Waals surface area (Å²) in [4.78, 5) is 29.6. The molecule has 1 aromatic rings. The van der Waals surface area contributed by atoms with Crippen molar-refractivity contribution in [2.24, 2.45) is 5.92 Å². The standard InChI is InChI=1S/C21H28N2O3/c24-18-10-15-23(21(18)11-4-5-12-21)20(26)17-8-13-22(14-9-17)19(25)16-6-2-1-3-7-16/h1-3,6-7,17-18,24H,4-5,8-15H2. The van der Waals surface area contributed by atoms with E-state index in [-0.39, 0.29) is 29.4 Å². The van der Waals surface area contributed by atoms with Gasteiger partial charge in [0, 0.05) is 31.1 Å². The maximum atomic E-state index is 13.2. The molecule has 3 aliphatic rings. The molecule has 26 heavy (non-hydrogen) atoms. The van der Waals surface area contributed by atoms with Crippen LogP contribution in [0.15, 0.2) is 30.3 Å². The molecular formula is C21H28N2O3. The van der Waals surface area contributed by atoms with E-state index in [0.717, 1.165) is 38.5 Å². The second-order valence-electron chi connectivity index (χ2n) is 8.04. The summed E-state index contributed by atoms with van der Waals surface area (Å²) in [5, 5.41) is 10.5. The van der Waals surface area contributed by atoms with Crippen LogP contribution in [-0.2, 0) is 4.79 Å². The zero-order valence-corrected chi connectivity index (χ0v) is 15.3. The number of carbonyl (C=O) groups excluding carboxylic acids is 2. The first-order valence-corrected chi connectivity index (χ1v) is 9.96. The molecule has 0 radical (unpaired) electrons. The minimum Gasteiger partial charge on any atom is -0.391 e. The Bertz CT molecular complexity index is 661. The van der Waals surface area contributed by atoms with Gasteiger partial charge in [-0.1, -0.05) is 31.0 Å². The summed E-state index contributed by atoms with van der Waals surface area (Å²) in [5.74, 6) is 0.244. The molecule has 2 aliphatic heterocycles. The fourth-order valence-corrected chi connectivity index (χ4v) is 5.16. The van der Waals surface area contributed by atoms with Crippen molar-refractivity contribution in [3.63, 3.8) is 0 Å². The predicted octanol–water partition coefficient (Wildman–Crippen LogP) is 2.44. The number of aliphatic hydroxyl groups is 1. The highest BCUT2D eigenvalue weighted by molar-refractivity contribution is 5.94. The van der Waals surface area contributed by atoms with E-state index in [1.807, 2.05) is 40.1 Å². The summed E-state index contributed by atoms with van der Waals surface area (Å²) in [6, 6.07) is 9.35. The summed E-state index contributed by atoms with van der Waals surface area (Å²) in [6.07, 6.45) is 5.86. The lowest BCUT2D eigenvalue weighted by Crippen LogP contribution is -2.54. The molecule has 4 rings (SSSR count). The highest BCUT2D eigenvalue weighted by atomic mass is 16.3. The zero-order valence-electron chi connectivity index (χ0n) is 15.3. The molecule has 1 aromatic carbocycles. The molecule has 1 aliphatic carbocycles. The Labute approximate surface area is 155 Å². The molecule has 1 N–H and O–H groups in total. The summed E-state index contributed by atoms with van der Waals surface area (Å²) in [5.41, 5.74) is 0.415. The van der Waals surface area contributed by atoms with Gasteiger partial charge in [-0.15, -0.1) is 0 Å². The van der Waals surface area contributed by atoms with Crippen LogP contribution in [0.25, 0.3) is 0 Å². The van der Waals surface area contributed by atoms with E-state index in [1.165, 1.54) is 0 Å². The van der Waals surface area contributed by atoms with Gasteiger partial charge in [-0.3, -0.25) is 9.59 Å². The lowest BCUT2D eigenvalue weighted by molar-refractivity contribution is -0.143. The SMILES string of the molecule is O=C(c1ccccc1)N1CCC(C(=O)N2CCC(O)C23CCCC3)CC1. The fraction of sp³-hybridized carbons (Fsp3) is 0.619. The molecule has 5 heteroatoms.